The van der Waals surface area contributed by atoms with Gasteiger partial charge < -0.3 is 10.5 Å². The number of aromatic nitrogens is 2. The zero-order valence-electron chi connectivity index (χ0n) is 14.2. The summed E-state index contributed by atoms with van der Waals surface area (Å²) in [4.78, 5) is 9.28. The summed E-state index contributed by atoms with van der Waals surface area (Å²) in [6.45, 7) is 4.21. The fourth-order valence-corrected chi connectivity index (χ4v) is 3.73. The normalized spacial score (nSPS) is 20.4. The number of hydrogen-bond acceptors (Lipinski definition) is 5. The fraction of sp³-hybridized carbons (Fsp3) is 0.263. The summed E-state index contributed by atoms with van der Waals surface area (Å²) in [6.07, 6.45) is 0.649. The van der Waals surface area contributed by atoms with Gasteiger partial charge in [0.15, 0.2) is 12.1 Å². The molecule has 1 aromatic heterocycles. The van der Waals surface area contributed by atoms with Crippen LogP contribution in [-0.2, 0) is 6.42 Å². The van der Waals surface area contributed by atoms with E-state index in [1.165, 1.54) is 5.56 Å². The Bertz CT molecular complexity index is 1030. The van der Waals surface area contributed by atoms with Gasteiger partial charge in [-0.3, -0.25) is 9.88 Å². The van der Waals surface area contributed by atoms with E-state index in [1.54, 1.807) is 0 Å². The van der Waals surface area contributed by atoms with E-state index in [-0.39, 0.29) is 11.8 Å². The van der Waals surface area contributed by atoms with Crippen LogP contribution in [-0.4, -0.2) is 21.1 Å². The summed E-state index contributed by atoms with van der Waals surface area (Å²) in [7, 11) is 0. The van der Waals surface area contributed by atoms with E-state index in [1.807, 2.05) is 24.3 Å². The van der Waals surface area contributed by atoms with Crippen LogP contribution in [0.3, 0.4) is 0 Å². The number of guanidine groups is 1. The number of nitrogens with zero attached hydrogens (tertiary/aromatic N) is 3. The lowest BCUT2D eigenvalue weighted by molar-refractivity contribution is 0.138. The van der Waals surface area contributed by atoms with Crippen molar-refractivity contribution in [3.8, 4) is 5.75 Å². The molecule has 0 radical (unpaired) electrons. The van der Waals surface area contributed by atoms with Crippen molar-refractivity contribution >= 4 is 22.9 Å². The molecule has 0 spiro atoms. The molecule has 5 rings (SSSR count). The maximum absolute atomic E-state index is 6.02. The standard InChI is InChI=1S/C19H19N5O/c1-19(2)10-12-9-11(7-8-15(12)25-19)16-22-17(20)23-18-21-13-5-3-4-6-14(13)24(16)18/h3-9,16H,10H2,1-2H3,(H3,20,21,22,23). The smallest absolute Gasteiger partial charge is 0.212 e. The molecule has 2 aliphatic rings. The number of nitrogens with two attached hydrogens (primary N) is 1. The van der Waals surface area contributed by atoms with Crippen molar-refractivity contribution in [1.29, 1.82) is 0 Å². The Hall–Kier alpha value is -3.02. The van der Waals surface area contributed by atoms with Gasteiger partial charge in [-0.05, 0) is 49.2 Å². The van der Waals surface area contributed by atoms with Crippen molar-refractivity contribution in [3.63, 3.8) is 0 Å². The molecular formula is C19H19N5O. The summed E-state index contributed by atoms with van der Waals surface area (Å²) in [5.41, 5.74) is 10.1. The van der Waals surface area contributed by atoms with Crippen LogP contribution < -0.4 is 15.8 Å². The lowest BCUT2D eigenvalue weighted by atomic mass is 9.99. The molecule has 0 fully saturated rings. The van der Waals surface area contributed by atoms with Crippen molar-refractivity contribution in [1.82, 2.24) is 9.55 Å². The molecule has 2 aromatic carbocycles. The number of nitrogens with one attached hydrogen (secondary N) is 1. The molecule has 0 bridgehead atoms. The number of ether oxygens (including phenoxy) is 1. The average molecular weight is 333 g/mol. The summed E-state index contributed by atoms with van der Waals surface area (Å²) in [5, 5.41) is 3.07. The maximum Gasteiger partial charge on any atom is 0.212 e. The second-order valence-corrected chi connectivity index (χ2v) is 7.21. The van der Waals surface area contributed by atoms with Gasteiger partial charge in [-0.2, -0.15) is 0 Å². The predicted octanol–water partition coefficient (Wildman–Crippen LogP) is 3.04. The summed E-state index contributed by atoms with van der Waals surface area (Å²) < 4.78 is 8.08. The highest BCUT2D eigenvalue weighted by Crippen LogP contribution is 2.38. The molecule has 0 aliphatic carbocycles. The van der Waals surface area contributed by atoms with Crippen LogP contribution in [0.5, 0.6) is 5.75 Å². The molecule has 0 amide bonds. The number of para-hydroxylation sites is 2. The number of imidazole rings is 1. The lowest BCUT2D eigenvalue weighted by Crippen LogP contribution is -2.31. The average Bonchev–Trinajstić information content (AvgIpc) is 3.08. The van der Waals surface area contributed by atoms with Crippen LogP contribution in [0.1, 0.15) is 31.1 Å². The molecule has 1 atom stereocenters. The van der Waals surface area contributed by atoms with E-state index in [2.05, 4.69) is 51.9 Å². The number of hydrogen-bond donors (Lipinski definition) is 2. The Labute approximate surface area is 145 Å². The van der Waals surface area contributed by atoms with Gasteiger partial charge >= 0.3 is 0 Å². The zero-order valence-corrected chi connectivity index (χ0v) is 14.2. The van der Waals surface area contributed by atoms with Crippen LogP contribution in [0.25, 0.3) is 11.0 Å². The highest BCUT2D eigenvalue weighted by atomic mass is 16.5. The summed E-state index contributed by atoms with van der Waals surface area (Å²) in [6, 6.07) is 14.3. The molecule has 0 saturated heterocycles. The largest absolute Gasteiger partial charge is 0.487 e. The van der Waals surface area contributed by atoms with E-state index in [4.69, 9.17) is 10.5 Å². The van der Waals surface area contributed by atoms with Gasteiger partial charge in [-0.15, -0.1) is 0 Å². The molecule has 3 N–H and O–H groups in total. The van der Waals surface area contributed by atoms with Gasteiger partial charge in [-0.25, -0.2) is 9.98 Å². The minimum Gasteiger partial charge on any atom is -0.487 e. The molecular weight excluding hydrogens is 314 g/mol. The minimum absolute atomic E-state index is 0.162. The fourth-order valence-electron chi connectivity index (χ4n) is 3.73. The first-order chi connectivity index (χ1) is 12.0. The SMILES string of the molecule is CC1(C)Cc2cc(C3N=C(N)Nc4nc5ccccc5n43)ccc2O1. The summed E-state index contributed by atoms with van der Waals surface area (Å²) in [5.74, 6) is 2.05. The van der Waals surface area contributed by atoms with Gasteiger partial charge in [0.25, 0.3) is 0 Å². The Morgan fingerprint density at radius 2 is 2.08 bits per heavy atom. The van der Waals surface area contributed by atoms with Crippen LogP contribution >= 0.6 is 0 Å². The monoisotopic (exact) mass is 333 g/mol. The van der Waals surface area contributed by atoms with Gasteiger partial charge in [0.05, 0.1) is 11.0 Å². The third-order valence-electron chi connectivity index (χ3n) is 4.73. The highest BCUT2D eigenvalue weighted by Gasteiger charge is 2.32. The topological polar surface area (TPSA) is 77.5 Å². The van der Waals surface area contributed by atoms with Gasteiger partial charge in [-0.1, -0.05) is 18.2 Å². The molecule has 1 unspecified atom stereocenters. The lowest BCUT2D eigenvalue weighted by Gasteiger charge is -2.24. The zero-order chi connectivity index (χ0) is 17.2. The molecule has 2 aliphatic heterocycles. The second-order valence-electron chi connectivity index (χ2n) is 7.21. The van der Waals surface area contributed by atoms with E-state index in [0.717, 1.165) is 34.7 Å². The maximum atomic E-state index is 6.02. The third-order valence-corrected chi connectivity index (χ3v) is 4.73. The predicted molar refractivity (Wildman–Crippen MR) is 98.0 cm³/mol. The molecule has 3 aromatic rings. The first-order valence-corrected chi connectivity index (χ1v) is 8.39. The van der Waals surface area contributed by atoms with Gasteiger partial charge in [0.2, 0.25) is 5.95 Å². The Balaban J connectivity index is 1.67. The Morgan fingerprint density at radius 1 is 1.24 bits per heavy atom. The van der Waals surface area contributed by atoms with Crippen molar-refractivity contribution in [3.05, 3.63) is 53.6 Å². The number of rotatable bonds is 1. The third kappa shape index (κ3) is 2.17. The molecule has 6 nitrogen and oxygen atoms in total. The number of fused-ring (bicyclic) bond motifs is 4. The number of anilines is 1. The van der Waals surface area contributed by atoms with Crippen molar-refractivity contribution in [2.24, 2.45) is 10.7 Å². The first-order valence-electron chi connectivity index (χ1n) is 8.39. The molecule has 25 heavy (non-hydrogen) atoms. The van der Waals surface area contributed by atoms with E-state index < -0.39 is 0 Å². The minimum atomic E-state index is -0.238. The van der Waals surface area contributed by atoms with Crippen LogP contribution in [0.2, 0.25) is 0 Å². The summed E-state index contributed by atoms with van der Waals surface area (Å²) >= 11 is 0. The molecule has 126 valence electrons. The number of aliphatic imine (C=N–C) groups is 1. The van der Waals surface area contributed by atoms with Crippen LogP contribution in [0, 0.1) is 0 Å². The van der Waals surface area contributed by atoms with Crippen molar-refractivity contribution in [2.45, 2.75) is 32.0 Å². The van der Waals surface area contributed by atoms with Crippen LogP contribution in [0.4, 0.5) is 5.95 Å². The van der Waals surface area contributed by atoms with Crippen LogP contribution in [0.15, 0.2) is 47.5 Å². The van der Waals surface area contributed by atoms with Gasteiger partial charge in [0, 0.05) is 6.42 Å². The Kier molecular flexibility index (Phi) is 2.72. The van der Waals surface area contributed by atoms with E-state index in [0.29, 0.717) is 5.96 Å². The second kappa shape index (κ2) is 4.75. The van der Waals surface area contributed by atoms with Gasteiger partial charge in [0.1, 0.15) is 11.4 Å². The number of benzene rings is 2. The van der Waals surface area contributed by atoms with E-state index >= 15 is 0 Å². The molecule has 0 saturated carbocycles. The molecule has 6 heteroatoms. The van der Waals surface area contributed by atoms with Crippen molar-refractivity contribution in [2.75, 3.05) is 5.32 Å². The first kappa shape index (κ1) is 14.3. The molecule has 3 heterocycles. The van der Waals surface area contributed by atoms with E-state index in [9.17, 15) is 0 Å². The Morgan fingerprint density at radius 3 is 2.96 bits per heavy atom. The highest BCUT2D eigenvalue weighted by molar-refractivity contribution is 5.94. The van der Waals surface area contributed by atoms with Crippen molar-refractivity contribution < 1.29 is 4.74 Å². The quantitative estimate of drug-likeness (QED) is 0.717.